The molecule has 78 valence electrons. The second-order valence-electron chi connectivity index (χ2n) is 3.68. The van der Waals surface area contributed by atoms with Crippen molar-refractivity contribution in [2.75, 3.05) is 0 Å². The number of hydrogen-bond acceptors (Lipinski definition) is 1. The summed E-state index contributed by atoms with van der Waals surface area (Å²) in [5, 5.41) is 0. The van der Waals surface area contributed by atoms with Gasteiger partial charge in [-0.3, -0.25) is 0 Å². The van der Waals surface area contributed by atoms with Crippen molar-refractivity contribution in [3.05, 3.63) is 34.5 Å². The molecule has 1 heteroatoms. The van der Waals surface area contributed by atoms with Crippen LogP contribution in [0.5, 0.6) is 0 Å². The van der Waals surface area contributed by atoms with Gasteiger partial charge in [0.15, 0.2) is 0 Å². The molecule has 0 nitrogen and oxygen atoms in total. The second-order valence-corrected chi connectivity index (χ2v) is 4.88. The van der Waals surface area contributed by atoms with E-state index in [1.165, 1.54) is 29.0 Å². The summed E-state index contributed by atoms with van der Waals surface area (Å²) in [6.45, 7) is 8.32. The molecule has 0 saturated heterocycles. The van der Waals surface area contributed by atoms with Crippen LogP contribution in [-0.2, 0) is 6.42 Å². The van der Waals surface area contributed by atoms with Crippen LogP contribution in [0.3, 0.4) is 0 Å². The molecule has 0 amide bonds. The third kappa shape index (κ3) is 2.98. The van der Waals surface area contributed by atoms with E-state index < -0.39 is 0 Å². The fraction of sp³-hybridized carbons (Fsp3) is 0.538. The largest absolute Gasteiger partial charge is 0.145 e. The van der Waals surface area contributed by atoms with Crippen molar-refractivity contribution in [3.63, 3.8) is 0 Å². The van der Waals surface area contributed by atoms with Gasteiger partial charge >= 0.3 is 0 Å². The molecule has 0 aromatic carbocycles. The summed E-state index contributed by atoms with van der Waals surface area (Å²) in [7, 11) is 0. The number of thiophene rings is 1. The topological polar surface area (TPSA) is 0 Å². The Morgan fingerprint density at radius 1 is 1.43 bits per heavy atom. The monoisotopic (exact) mass is 208 g/mol. The van der Waals surface area contributed by atoms with E-state index in [2.05, 4.69) is 32.6 Å². The molecule has 1 unspecified atom stereocenters. The molecule has 0 aliphatic carbocycles. The highest BCUT2D eigenvalue weighted by Gasteiger charge is 2.09. The molecule has 1 rings (SSSR count). The van der Waals surface area contributed by atoms with E-state index in [-0.39, 0.29) is 0 Å². The predicted molar refractivity (Wildman–Crippen MR) is 66.2 cm³/mol. The fourth-order valence-corrected chi connectivity index (χ4v) is 2.99. The molecule has 0 fully saturated rings. The van der Waals surface area contributed by atoms with E-state index in [9.17, 15) is 0 Å². The number of allylic oxidation sites excluding steroid dienone is 1. The number of rotatable bonds is 6. The Kier molecular flexibility index (Phi) is 4.95. The van der Waals surface area contributed by atoms with Gasteiger partial charge in [-0.1, -0.05) is 26.3 Å². The van der Waals surface area contributed by atoms with Gasteiger partial charge in [-0.05, 0) is 37.3 Å². The average molecular weight is 208 g/mol. The Morgan fingerprint density at radius 3 is 2.79 bits per heavy atom. The highest BCUT2D eigenvalue weighted by molar-refractivity contribution is 7.12. The molecule has 1 atom stereocenters. The van der Waals surface area contributed by atoms with E-state index in [0.29, 0.717) is 5.92 Å². The zero-order chi connectivity index (χ0) is 10.4. The van der Waals surface area contributed by atoms with E-state index in [4.69, 9.17) is 0 Å². The fourth-order valence-electron chi connectivity index (χ4n) is 1.68. The summed E-state index contributed by atoms with van der Waals surface area (Å²) < 4.78 is 0. The van der Waals surface area contributed by atoms with Crippen molar-refractivity contribution in [2.24, 2.45) is 0 Å². The van der Waals surface area contributed by atoms with Crippen LogP contribution in [0.2, 0.25) is 0 Å². The van der Waals surface area contributed by atoms with Crippen LogP contribution in [0.25, 0.3) is 0 Å². The Labute approximate surface area is 91.7 Å². The van der Waals surface area contributed by atoms with Crippen molar-refractivity contribution >= 4 is 11.3 Å². The van der Waals surface area contributed by atoms with E-state index in [1.54, 1.807) is 0 Å². The molecule has 0 aliphatic heterocycles. The van der Waals surface area contributed by atoms with Gasteiger partial charge in [0.05, 0.1) is 0 Å². The zero-order valence-electron chi connectivity index (χ0n) is 9.25. The minimum atomic E-state index is 0.697. The van der Waals surface area contributed by atoms with Gasteiger partial charge in [-0.25, -0.2) is 0 Å². The first-order valence-electron chi connectivity index (χ1n) is 5.51. The minimum Gasteiger partial charge on any atom is -0.145 e. The molecule has 0 bridgehead atoms. The summed E-state index contributed by atoms with van der Waals surface area (Å²) >= 11 is 1.98. The van der Waals surface area contributed by atoms with Crippen LogP contribution in [0.15, 0.2) is 24.8 Å². The van der Waals surface area contributed by atoms with Crippen LogP contribution in [0.4, 0.5) is 0 Å². The van der Waals surface area contributed by atoms with Gasteiger partial charge in [0.25, 0.3) is 0 Å². The van der Waals surface area contributed by atoms with Gasteiger partial charge in [-0.2, -0.15) is 0 Å². The highest BCUT2D eigenvalue weighted by atomic mass is 32.1. The summed E-state index contributed by atoms with van der Waals surface area (Å²) in [6, 6.07) is 4.59. The lowest BCUT2D eigenvalue weighted by Gasteiger charge is -2.09. The maximum absolute atomic E-state index is 3.82. The summed E-state index contributed by atoms with van der Waals surface area (Å²) in [4.78, 5) is 3.07. The lowest BCUT2D eigenvalue weighted by atomic mass is 10.0. The lowest BCUT2D eigenvalue weighted by Crippen LogP contribution is -1.91. The predicted octanol–water partition coefficient (Wildman–Crippen LogP) is 4.77. The van der Waals surface area contributed by atoms with Crippen LogP contribution < -0.4 is 0 Å². The van der Waals surface area contributed by atoms with Gasteiger partial charge in [0, 0.05) is 9.75 Å². The van der Waals surface area contributed by atoms with Crippen LogP contribution in [0.1, 0.15) is 48.8 Å². The van der Waals surface area contributed by atoms with Crippen molar-refractivity contribution in [1.29, 1.82) is 0 Å². The van der Waals surface area contributed by atoms with Crippen molar-refractivity contribution in [2.45, 2.75) is 45.4 Å². The molecule has 1 heterocycles. The Balaban J connectivity index is 2.67. The molecule has 1 aromatic rings. The SMILES string of the molecule is C=CCC(CC)c1ccc(CCC)s1. The van der Waals surface area contributed by atoms with Crippen molar-refractivity contribution in [1.82, 2.24) is 0 Å². The first-order chi connectivity index (χ1) is 6.81. The summed E-state index contributed by atoms with van der Waals surface area (Å²) in [5.41, 5.74) is 0. The number of aryl methyl sites for hydroxylation is 1. The Hall–Kier alpha value is -0.560. The first kappa shape index (κ1) is 11.5. The highest BCUT2D eigenvalue weighted by Crippen LogP contribution is 2.30. The van der Waals surface area contributed by atoms with E-state index in [0.717, 1.165) is 6.42 Å². The normalized spacial score (nSPS) is 12.7. The van der Waals surface area contributed by atoms with Gasteiger partial charge in [0.1, 0.15) is 0 Å². The summed E-state index contributed by atoms with van der Waals surface area (Å²) in [6.07, 6.45) is 6.85. The molecule has 1 aromatic heterocycles. The third-order valence-electron chi connectivity index (χ3n) is 2.53. The molecule has 14 heavy (non-hydrogen) atoms. The van der Waals surface area contributed by atoms with E-state index in [1.807, 2.05) is 17.4 Å². The first-order valence-corrected chi connectivity index (χ1v) is 6.32. The maximum Gasteiger partial charge on any atom is 0.00821 e. The van der Waals surface area contributed by atoms with Crippen molar-refractivity contribution in [3.8, 4) is 0 Å². The molecule has 0 radical (unpaired) electrons. The standard InChI is InChI=1S/C13H20S/c1-4-7-11(6-3)13-10-9-12(14-13)8-5-2/h4,9-11H,1,5-8H2,2-3H3. The maximum atomic E-state index is 3.82. The Bertz CT molecular complexity index is 273. The lowest BCUT2D eigenvalue weighted by molar-refractivity contribution is 0.687. The molecule has 0 spiro atoms. The van der Waals surface area contributed by atoms with Gasteiger partial charge in [0.2, 0.25) is 0 Å². The third-order valence-corrected chi connectivity index (χ3v) is 3.83. The van der Waals surface area contributed by atoms with Gasteiger partial charge < -0.3 is 0 Å². The van der Waals surface area contributed by atoms with Crippen LogP contribution in [-0.4, -0.2) is 0 Å². The van der Waals surface area contributed by atoms with E-state index >= 15 is 0 Å². The number of hydrogen-bond donors (Lipinski definition) is 0. The van der Waals surface area contributed by atoms with Crippen LogP contribution in [0, 0.1) is 0 Å². The molecule has 0 saturated carbocycles. The second kappa shape index (κ2) is 6.02. The Morgan fingerprint density at radius 2 is 2.21 bits per heavy atom. The zero-order valence-corrected chi connectivity index (χ0v) is 10.1. The molecule has 0 aliphatic rings. The van der Waals surface area contributed by atoms with Crippen LogP contribution >= 0.6 is 11.3 Å². The summed E-state index contributed by atoms with van der Waals surface area (Å²) in [5.74, 6) is 0.697. The molecular formula is C13H20S. The molecule has 0 N–H and O–H groups in total. The van der Waals surface area contributed by atoms with Crippen molar-refractivity contribution < 1.29 is 0 Å². The molecular weight excluding hydrogens is 188 g/mol. The van der Waals surface area contributed by atoms with Gasteiger partial charge in [-0.15, -0.1) is 17.9 Å². The quantitative estimate of drug-likeness (QED) is 0.591. The average Bonchev–Trinajstić information content (AvgIpc) is 2.63. The minimum absolute atomic E-state index is 0.697. The smallest absolute Gasteiger partial charge is 0.00821 e.